The topological polar surface area (TPSA) is 117 Å². The molecule has 3 aliphatic rings. The van der Waals surface area contributed by atoms with Crippen LogP contribution in [0, 0.1) is 0 Å². The van der Waals surface area contributed by atoms with Crippen molar-refractivity contribution < 1.29 is 29.1 Å². The zero-order valence-electron chi connectivity index (χ0n) is 21.8. The zero-order chi connectivity index (χ0) is 27.1. The van der Waals surface area contributed by atoms with Crippen molar-refractivity contribution in [3.05, 3.63) is 64.8 Å². The van der Waals surface area contributed by atoms with Crippen LogP contribution in [0.5, 0.6) is 5.75 Å². The summed E-state index contributed by atoms with van der Waals surface area (Å²) in [5.74, 6) is -0.0737. The SMILES string of the molecule is CN1C(=O)C2c3c(n(Cc4ccc(C(=O)NO)cc4)c4ccc(OCCN5CCOCC5)cc34)CCN2C1=O. The predicted molar refractivity (Wildman–Crippen MR) is 141 cm³/mol. The molecule has 3 aromatic rings. The van der Waals surface area contributed by atoms with Crippen molar-refractivity contribution >= 4 is 28.7 Å². The number of fused-ring (bicyclic) bond motifs is 5. The number of urea groups is 1. The highest BCUT2D eigenvalue weighted by Crippen LogP contribution is 2.43. The number of aromatic nitrogens is 1. The van der Waals surface area contributed by atoms with Crippen molar-refractivity contribution in [2.75, 3.05) is 53.0 Å². The van der Waals surface area contributed by atoms with Gasteiger partial charge in [0.2, 0.25) is 0 Å². The van der Waals surface area contributed by atoms with E-state index in [1.54, 1.807) is 22.5 Å². The summed E-state index contributed by atoms with van der Waals surface area (Å²) in [6.07, 6.45) is 0.617. The lowest BCUT2D eigenvalue weighted by Crippen LogP contribution is -2.38. The molecular weight excluding hydrogens is 502 g/mol. The van der Waals surface area contributed by atoms with Crippen molar-refractivity contribution in [1.29, 1.82) is 0 Å². The molecule has 39 heavy (non-hydrogen) atoms. The van der Waals surface area contributed by atoms with Gasteiger partial charge in [-0.2, -0.15) is 0 Å². The first-order chi connectivity index (χ1) is 19.0. The molecule has 204 valence electrons. The van der Waals surface area contributed by atoms with Crippen LogP contribution >= 0.6 is 0 Å². The van der Waals surface area contributed by atoms with Crippen LogP contribution in [-0.2, 0) is 22.5 Å². The Labute approximate surface area is 225 Å². The molecule has 11 heteroatoms. The molecule has 1 aromatic heterocycles. The minimum Gasteiger partial charge on any atom is -0.492 e. The number of hydrogen-bond acceptors (Lipinski definition) is 7. The number of hydrogen-bond donors (Lipinski definition) is 2. The summed E-state index contributed by atoms with van der Waals surface area (Å²) in [5.41, 5.74) is 5.79. The fraction of sp³-hybridized carbons (Fsp3) is 0.393. The molecule has 4 heterocycles. The van der Waals surface area contributed by atoms with E-state index in [-0.39, 0.29) is 11.9 Å². The highest BCUT2D eigenvalue weighted by Gasteiger charge is 2.48. The maximum Gasteiger partial charge on any atom is 0.327 e. The van der Waals surface area contributed by atoms with Crippen LogP contribution in [0.4, 0.5) is 4.79 Å². The molecule has 0 saturated carbocycles. The van der Waals surface area contributed by atoms with Crippen molar-refractivity contribution in [2.45, 2.75) is 19.0 Å². The number of nitrogens with zero attached hydrogens (tertiary/aromatic N) is 4. The van der Waals surface area contributed by atoms with Gasteiger partial charge in [-0.1, -0.05) is 12.1 Å². The number of benzene rings is 2. The third-order valence-electron chi connectivity index (χ3n) is 7.90. The summed E-state index contributed by atoms with van der Waals surface area (Å²) < 4.78 is 13.7. The van der Waals surface area contributed by atoms with Gasteiger partial charge in [-0.3, -0.25) is 24.6 Å². The van der Waals surface area contributed by atoms with E-state index >= 15 is 0 Å². The van der Waals surface area contributed by atoms with Gasteiger partial charge in [0.25, 0.3) is 11.8 Å². The monoisotopic (exact) mass is 533 g/mol. The van der Waals surface area contributed by atoms with Crippen LogP contribution in [0.15, 0.2) is 42.5 Å². The first kappa shape index (κ1) is 25.4. The molecule has 2 N–H and O–H groups in total. The zero-order valence-corrected chi connectivity index (χ0v) is 21.8. The minimum atomic E-state index is -0.658. The lowest BCUT2D eigenvalue weighted by molar-refractivity contribution is -0.127. The molecule has 11 nitrogen and oxygen atoms in total. The Kier molecular flexibility index (Phi) is 6.71. The second-order valence-corrected chi connectivity index (χ2v) is 10.1. The third-order valence-corrected chi connectivity index (χ3v) is 7.90. The molecule has 3 aliphatic heterocycles. The van der Waals surface area contributed by atoms with E-state index in [4.69, 9.17) is 14.7 Å². The van der Waals surface area contributed by atoms with Crippen LogP contribution in [0.1, 0.15) is 33.2 Å². The number of carbonyl (C=O) groups is 3. The number of carbonyl (C=O) groups excluding carboxylic acids is 3. The molecule has 0 spiro atoms. The number of ether oxygens (including phenoxy) is 2. The highest BCUT2D eigenvalue weighted by molar-refractivity contribution is 6.07. The molecule has 2 fully saturated rings. The Hall–Kier alpha value is -3.93. The van der Waals surface area contributed by atoms with Gasteiger partial charge in [0.15, 0.2) is 0 Å². The first-order valence-electron chi connectivity index (χ1n) is 13.2. The largest absolute Gasteiger partial charge is 0.492 e. The number of hydroxylamine groups is 1. The van der Waals surface area contributed by atoms with Crippen molar-refractivity contribution in [2.24, 2.45) is 0 Å². The molecule has 0 bridgehead atoms. The smallest absolute Gasteiger partial charge is 0.327 e. The predicted octanol–water partition coefficient (Wildman–Crippen LogP) is 2.01. The summed E-state index contributed by atoms with van der Waals surface area (Å²) in [7, 11) is 1.53. The van der Waals surface area contributed by atoms with Crippen LogP contribution < -0.4 is 10.2 Å². The molecule has 0 radical (unpaired) electrons. The van der Waals surface area contributed by atoms with Gasteiger partial charge in [-0.15, -0.1) is 0 Å². The highest BCUT2D eigenvalue weighted by atomic mass is 16.5. The minimum absolute atomic E-state index is 0.224. The van der Waals surface area contributed by atoms with Crippen molar-refractivity contribution in [1.82, 2.24) is 24.7 Å². The van der Waals surface area contributed by atoms with E-state index in [0.29, 0.717) is 31.7 Å². The Morgan fingerprint density at radius 3 is 2.62 bits per heavy atom. The van der Waals surface area contributed by atoms with Crippen LogP contribution in [0.2, 0.25) is 0 Å². The number of likely N-dealkylation sites (N-methyl/N-ethyl adjacent to an activating group) is 1. The second kappa shape index (κ2) is 10.3. The second-order valence-electron chi connectivity index (χ2n) is 10.1. The normalized spacial score (nSPS) is 19.4. The molecule has 0 aliphatic carbocycles. The van der Waals surface area contributed by atoms with E-state index < -0.39 is 11.9 Å². The lowest BCUT2D eigenvalue weighted by atomic mass is 9.96. The quantitative estimate of drug-likeness (QED) is 0.271. The number of nitrogens with one attached hydrogen (secondary N) is 1. The van der Waals surface area contributed by atoms with Gasteiger partial charge < -0.3 is 18.9 Å². The van der Waals surface area contributed by atoms with Gasteiger partial charge in [0.05, 0.1) is 13.2 Å². The lowest BCUT2D eigenvalue weighted by Gasteiger charge is -2.28. The van der Waals surface area contributed by atoms with E-state index in [1.165, 1.54) is 11.9 Å². The Balaban J connectivity index is 1.35. The maximum atomic E-state index is 13.2. The van der Waals surface area contributed by atoms with E-state index in [1.807, 2.05) is 30.3 Å². The molecule has 2 saturated heterocycles. The molecule has 4 amide bonds. The van der Waals surface area contributed by atoms with Gasteiger partial charge in [0.1, 0.15) is 18.4 Å². The number of imide groups is 1. The van der Waals surface area contributed by atoms with Crippen molar-refractivity contribution in [3.63, 3.8) is 0 Å². The van der Waals surface area contributed by atoms with E-state index in [2.05, 4.69) is 9.47 Å². The number of rotatable bonds is 7. The third kappa shape index (κ3) is 4.52. The summed E-state index contributed by atoms with van der Waals surface area (Å²) >= 11 is 0. The first-order valence-corrected chi connectivity index (χ1v) is 13.2. The standard InChI is InChI=1S/C28H31N5O6/c1-30-27(35)25-24-21-16-20(39-15-12-31-10-13-38-14-11-31)6-7-22(21)33(23(24)8-9-32(25)28(30)36)17-18-2-4-19(5-3-18)26(34)29-37/h2-7,16,25,37H,8-15,17H2,1H3,(H,29,34). The van der Waals surface area contributed by atoms with Crippen molar-refractivity contribution in [3.8, 4) is 5.75 Å². The average Bonchev–Trinajstić information content (AvgIpc) is 3.39. The van der Waals surface area contributed by atoms with E-state index in [0.717, 1.165) is 66.3 Å². The van der Waals surface area contributed by atoms with Gasteiger partial charge in [0, 0.05) is 73.9 Å². The number of amides is 4. The van der Waals surface area contributed by atoms with E-state index in [9.17, 15) is 14.4 Å². The van der Waals surface area contributed by atoms with Crippen LogP contribution in [0.25, 0.3) is 10.9 Å². The Morgan fingerprint density at radius 2 is 1.87 bits per heavy atom. The molecule has 2 aromatic carbocycles. The summed E-state index contributed by atoms with van der Waals surface area (Å²) in [5, 5.41) is 9.81. The molecular formula is C28H31N5O6. The van der Waals surface area contributed by atoms with Gasteiger partial charge >= 0.3 is 6.03 Å². The average molecular weight is 534 g/mol. The molecule has 1 unspecified atom stereocenters. The fourth-order valence-corrected chi connectivity index (χ4v) is 5.83. The van der Waals surface area contributed by atoms with Gasteiger partial charge in [-0.05, 0) is 35.9 Å². The fourth-order valence-electron chi connectivity index (χ4n) is 5.83. The summed E-state index contributed by atoms with van der Waals surface area (Å²) in [6.45, 7) is 5.59. The molecule has 6 rings (SSSR count). The van der Waals surface area contributed by atoms with Gasteiger partial charge in [-0.25, -0.2) is 10.3 Å². The Morgan fingerprint density at radius 1 is 1.10 bits per heavy atom. The summed E-state index contributed by atoms with van der Waals surface area (Å²) in [6, 6.07) is 12.0. The van der Waals surface area contributed by atoms with Crippen LogP contribution in [0.3, 0.4) is 0 Å². The van der Waals surface area contributed by atoms with Crippen LogP contribution in [-0.4, -0.2) is 95.4 Å². The molecule has 1 atom stereocenters. The Bertz CT molecular complexity index is 1430. The summed E-state index contributed by atoms with van der Waals surface area (Å²) in [4.78, 5) is 42.9. The maximum absolute atomic E-state index is 13.2. The number of morpholine rings is 1.